The van der Waals surface area contributed by atoms with Crippen LogP contribution in [0, 0.1) is 0 Å². The molecular formula is C16H18Cl3N3O4S. The Morgan fingerprint density at radius 2 is 1.89 bits per heavy atom. The van der Waals surface area contributed by atoms with Gasteiger partial charge in [-0.1, -0.05) is 46.9 Å². The van der Waals surface area contributed by atoms with Crippen LogP contribution in [0.5, 0.6) is 0 Å². The van der Waals surface area contributed by atoms with Gasteiger partial charge in [-0.3, -0.25) is 4.98 Å². The van der Waals surface area contributed by atoms with E-state index in [1.807, 2.05) is 6.07 Å². The van der Waals surface area contributed by atoms with Crippen molar-refractivity contribution in [3.63, 3.8) is 0 Å². The number of nitrogens with zero attached hydrogens (tertiary/aromatic N) is 2. The van der Waals surface area contributed by atoms with E-state index in [2.05, 4.69) is 10.3 Å². The van der Waals surface area contributed by atoms with E-state index >= 15 is 0 Å². The van der Waals surface area contributed by atoms with Gasteiger partial charge in [0.25, 0.3) is 3.79 Å². The van der Waals surface area contributed by atoms with Gasteiger partial charge in [-0.05, 0) is 25.1 Å². The average molecular weight is 455 g/mol. The monoisotopic (exact) mass is 453 g/mol. The highest BCUT2D eigenvalue weighted by molar-refractivity contribution is 7.89. The topological polar surface area (TPSA) is 99.6 Å². The first kappa shape index (κ1) is 22.1. The van der Waals surface area contributed by atoms with Gasteiger partial charge in [0.05, 0.1) is 4.90 Å². The van der Waals surface area contributed by atoms with Crippen LogP contribution in [0.3, 0.4) is 0 Å². The zero-order valence-corrected chi connectivity index (χ0v) is 17.2. The Bertz CT molecular complexity index is 890. The van der Waals surface area contributed by atoms with Crippen molar-refractivity contribution in [2.24, 2.45) is 0 Å². The molecule has 1 saturated heterocycles. The molecule has 0 aliphatic carbocycles. The Morgan fingerprint density at radius 1 is 1.19 bits per heavy atom. The number of hydrogen-bond donors (Lipinski definition) is 2. The standard InChI is InChI=1S/C14H17N3O2S.C2HCl3O2/c18-20(19,17-9-2-6-15-8-10-17)14-4-1-3-12-11-16-7-5-13(12)14;3-2(4,5)1(6)7/h1,3-5,7,11,15H,2,6,8-10H2;(H,6,7). The van der Waals surface area contributed by atoms with Gasteiger partial charge in [0.2, 0.25) is 10.0 Å². The predicted molar refractivity (Wildman–Crippen MR) is 106 cm³/mol. The number of rotatable bonds is 2. The van der Waals surface area contributed by atoms with Crippen LogP contribution in [-0.4, -0.2) is 58.8 Å². The van der Waals surface area contributed by atoms with E-state index in [0.717, 1.165) is 23.7 Å². The van der Waals surface area contributed by atoms with Crippen molar-refractivity contribution in [2.75, 3.05) is 26.2 Å². The van der Waals surface area contributed by atoms with Gasteiger partial charge in [-0.15, -0.1) is 0 Å². The van der Waals surface area contributed by atoms with Crippen LogP contribution in [-0.2, 0) is 14.8 Å². The van der Waals surface area contributed by atoms with Crippen molar-refractivity contribution in [1.29, 1.82) is 0 Å². The van der Waals surface area contributed by atoms with Crippen LogP contribution in [0.2, 0.25) is 0 Å². The average Bonchev–Trinajstić information content (AvgIpc) is 2.91. The minimum atomic E-state index is -3.45. The summed E-state index contributed by atoms with van der Waals surface area (Å²) < 4.78 is 25.1. The molecule has 1 aliphatic heterocycles. The molecule has 1 aromatic carbocycles. The Hall–Kier alpha value is -1.16. The number of alkyl halides is 3. The molecule has 1 aliphatic rings. The predicted octanol–water partition coefficient (Wildman–Crippen LogP) is 2.66. The van der Waals surface area contributed by atoms with Crippen LogP contribution < -0.4 is 5.32 Å². The number of carboxylic acid groups (broad SMARTS) is 1. The molecule has 1 fully saturated rings. The molecule has 1 aromatic heterocycles. The smallest absolute Gasteiger partial charge is 0.356 e. The molecule has 2 N–H and O–H groups in total. The Balaban J connectivity index is 0.000000321. The quantitative estimate of drug-likeness (QED) is 0.677. The zero-order valence-electron chi connectivity index (χ0n) is 14.1. The van der Waals surface area contributed by atoms with Crippen LogP contribution in [0.1, 0.15) is 6.42 Å². The highest BCUT2D eigenvalue weighted by Gasteiger charge is 2.29. The van der Waals surface area contributed by atoms with Crippen LogP contribution >= 0.6 is 34.8 Å². The maximum absolute atomic E-state index is 12.8. The lowest BCUT2D eigenvalue weighted by atomic mass is 10.2. The number of hydrogen-bond acceptors (Lipinski definition) is 5. The number of aromatic nitrogens is 1. The molecule has 0 amide bonds. The number of carbonyl (C=O) groups is 1. The van der Waals surface area contributed by atoms with Gasteiger partial charge in [-0.25, -0.2) is 13.2 Å². The molecular weight excluding hydrogens is 437 g/mol. The lowest BCUT2D eigenvalue weighted by Gasteiger charge is -2.20. The zero-order chi connectivity index (χ0) is 20.1. The summed E-state index contributed by atoms with van der Waals surface area (Å²) in [5.41, 5.74) is 0. The fourth-order valence-electron chi connectivity index (χ4n) is 2.52. The maximum atomic E-state index is 12.8. The fraction of sp³-hybridized carbons (Fsp3) is 0.375. The summed E-state index contributed by atoms with van der Waals surface area (Å²) in [4.78, 5) is 14.0. The minimum absolute atomic E-state index is 0.374. The molecule has 0 saturated carbocycles. The number of fused-ring (bicyclic) bond motifs is 1. The van der Waals surface area contributed by atoms with Gasteiger partial charge in [0.1, 0.15) is 0 Å². The molecule has 0 radical (unpaired) electrons. The number of carboxylic acids is 1. The second-order valence-electron chi connectivity index (χ2n) is 5.66. The molecule has 0 atom stereocenters. The maximum Gasteiger partial charge on any atom is 0.356 e. The number of benzene rings is 1. The molecule has 2 aromatic rings. The number of nitrogens with one attached hydrogen (secondary N) is 1. The third kappa shape index (κ3) is 5.91. The van der Waals surface area contributed by atoms with Crippen LogP contribution in [0.25, 0.3) is 10.8 Å². The molecule has 27 heavy (non-hydrogen) atoms. The molecule has 0 bridgehead atoms. The number of sulfonamides is 1. The van der Waals surface area contributed by atoms with Crippen LogP contribution in [0.15, 0.2) is 41.6 Å². The van der Waals surface area contributed by atoms with Crippen molar-refractivity contribution in [3.8, 4) is 0 Å². The lowest BCUT2D eigenvalue weighted by Crippen LogP contribution is -2.34. The van der Waals surface area contributed by atoms with Crippen molar-refractivity contribution < 1.29 is 18.3 Å². The van der Waals surface area contributed by atoms with Crippen molar-refractivity contribution in [1.82, 2.24) is 14.6 Å². The normalized spacial score (nSPS) is 16.3. The van der Waals surface area contributed by atoms with E-state index in [0.29, 0.717) is 24.5 Å². The summed E-state index contributed by atoms with van der Waals surface area (Å²) >= 11 is 14.4. The summed E-state index contributed by atoms with van der Waals surface area (Å²) in [6.07, 6.45) is 4.16. The minimum Gasteiger partial charge on any atom is -0.478 e. The van der Waals surface area contributed by atoms with E-state index in [-0.39, 0.29) is 0 Å². The number of pyridine rings is 1. The third-order valence-corrected chi connectivity index (χ3v) is 6.24. The van der Waals surface area contributed by atoms with E-state index < -0.39 is 19.8 Å². The van der Waals surface area contributed by atoms with Gasteiger partial charge in [0.15, 0.2) is 0 Å². The van der Waals surface area contributed by atoms with Crippen molar-refractivity contribution >= 4 is 61.6 Å². The van der Waals surface area contributed by atoms with Crippen LogP contribution in [0.4, 0.5) is 0 Å². The number of halogens is 3. The molecule has 0 spiro atoms. The first-order valence-corrected chi connectivity index (χ1v) is 10.5. The summed E-state index contributed by atoms with van der Waals surface area (Å²) in [5, 5.41) is 12.7. The Labute approximate surface area is 172 Å². The molecule has 148 valence electrons. The highest BCUT2D eigenvalue weighted by Crippen LogP contribution is 2.26. The molecule has 3 rings (SSSR count). The third-order valence-electron chi connectivity index (χ3n) is 3.80. The summed E-state index contributed by atoms with van der Waals surface area (Å²) in [6.45, 7) is 2.65. The highest BCUT2D eigenvalue weighted by atomic mass is 35.6. The molecule has 11 heteroatoms. The second kappa shape index (κ2) is 9.36. The van der Waals surface area contributed by atoms with Gasteiger partial charge < -0.3 is 10.4 Å². The Kier molecular flexibility index (Phi) is 7.67. The van der Waals surface area contributed by atoms with E-state index in [1.54, 1.807) is 34.9 Å². The van der Waals surface area contributed by atoms with E-state index in [9.17, 15) is 13.2 Å². The summed E-state index contributed by atoms with van der Waals surface area (Å²) in [5.74, 6) is -1.46. The lowest BCUT2D eigenvalue weighted by molar-refractivity contribution is -0.135. The summed E-state index contributed by atoms with van der Waals surface area (Å²) in [7, 11) is -3.45. The fourth-order valence-corrected chi connectivity index (χ4v) is 4.21. The van der Waals surface area contributed by atoms with Crippen molar-refractivity contribution in [2.45, 2.75) is 15.1 Å². The SMILES string of the molecule is O=C(O)C(Cl)(Cl)Cl.O=S(=O)(c1cccc2cnccc12)N1CCCNCC1. The largest absolute Gasteiger partial charge is 0.478 e. The van der Waals surface area contributed by atoms with Crippen molar-refractivity contribution in [3.05, 3.63) is 36.7 Å². The molecule has 2 heterocycles. The molecule has 0 unspecified atom stereocenters. The van der Waals surface area contributed by atoms with E-state index in [4.69, 9.17) is 39.9 Å². The van der Waals surface area contributed by atoms with E-state index in [1.165, 1.54) is 0 Å². The van der Waals surface area contributed by atoms with Gasteiger partial charge in [-0.2, -0.15) is 4.31 Å². The van der Waals surface area contributed by atoms with Gasteiger partial charge >= 0.3 is 5.97 Å². The molecule has 7 nitrogen and oxygen atoms in total. The Morgan fingerprint density at radius 3 is 2.56 bits per heavy atom. The second-order valence-corrected chi connectivity index (χ2v) is 9.85. The first-order chi connectivity index (χ1) is 12.6. The first-order valence-electron chi connectivity index (χ1n) is 7.98. The summed E-state index contributed by atoms with van der Waals surface area (Å²) in [6, 6.07) is 7.09. The number of aliphatic carboxylic acids is 1. The van der Waals surface area contributed by atoms with Gasteiger partial charge in [0, 0.05) is 42.8 Å².